The van der Waals surface area contributed by atoms with E-state index in [-0.39, 0.29) is 5.84 Å². The number of anilines is 1. The van der Waals surface area contributed by atoms with E-state index in [9.17, 15) is 0 Å². The maximum absolute atomic E-state index is 8.76. The number of rotatable bonds is 6. The fraction of sp³-hybridized carbons (Fsp3) is 0.571. The van der Waals surface area contributed by atoms with E-state index in [1.165, 1.54) is 25.7 Å². The highest BCUT2D eigenvalue weighted by molar-refractivity contribution is 5.97. The molecule has 2 fully saturated rings. The van der Waals surface area contributed by atoms with Crippen LogP contribution in [0.1, 0.15) is 31.2 Å². The highest BCUT2D eigenvalue weighted by atomic mass is 16.4. The minimum Gasteiger partial charge on any atom is -0.409 e. The Morgan fingerprint density at radius 3 is 2.47 bits per heavy atom. The van der Waals surface area contributed by atoms with E-state index in [0.717, 1.165) is 36.3 Å². The smallest absolute Gasteiger partial charge is 0.170 e. The lowest BCUT2D eigenvalue weighted by molar-refractivity contribution is 0.318. The van der Waals surface area contributed by atoms with Crippen LogP contribution in [0.2, 0.25) is 0 Å². The average Bonchev–Trinajstić information content (AvgIpc) is 3.32. The van der Waals surface area contributed by atoms with E-state index in [2.05, 4.69) is 15.0 Å². The third kappa shape index (κ3) is 3.16. The third-order valence-electron chi connectivity index (χ3n) is 3.82. The average molecular weight is 260 g/mol. The van der Waals surface area contributed by atoms with E-state index in [4.69, 9.17) is 10.9 Å². The van der Waals surface area contributed by atoms with E-state index in [0.29, 0.717) is 0 Å². The van der Waals surface area contributed by atoms with Crippen molar-refractivity contribution >= 4 is 11.7 Å². The Kier molecular flexibility index (Phi) is 3.27. The van der Waals surface area contributed by atoms with Crippen LogP contribution in [0, 0.1) is 11.8 Å². The zero-order chi connectivity index (χ0) is 13.2. The molecular weight excluding hydrogens is 240 g/mol. The Hall–Kier alpha value is -1.78. The van der Waals surface area contributed by atoms with Gasteiger partial charge in [0, 0.05) is 24.8 Å². The minimum atomic E-state index is 0.140. The predicted octanol–water partition coefficient (Wildman–Crippen LogP) is 1.80. The van der Waals surface area contributed by atoms with E-state index in [1.807, 2.05) is 6.07 Å². The van der Waals surface area contributed by atoms with Gasteiger partial charge in [0.1, 0.15) is 5.82 Å². The molecule has 0 spiro atoms. The van der Waals surface area contributed by atoms with Gasteiger partial charge in [-0.3, -0.25) is 0 Å². The standard InChI is InChI=1S/C14H20N4O/c15-14(17-19)12-5-6-16-13(7-12)18(8-10-1-2-10)9-11-3-4-11/h5-7,10-11,19H,1-4,8-9H2,(H2,15,17). The Bertz CT molecular complexity index is 466. The fourth-order valence-corrected chi connectivity index (χ4v) is 2.29. The van der Waals surface area contributed by atoms with Crippen LogP contribution in [-0.4, -0.2) is 29.1 Å². The molecule has 0 atom stereocenters. The molecule has 0 amide bonds. The molecule has 5 nitrogen and oxygen atoms in total. The lowest BCUT2D eigenvalue weighted by Gasteiger charge is -2.24. The van der Waals surface area contributed by atoms with Crippen LogP contribution in [0.25, 0.3) is 0 Å². The SMILES string of the molecule is NC(=NO)c1ccnc(N(CC2CC2)CC2CC2)c1. The quantitative estimate of drug-likeness (QED) is 0.354. The van der Waals surface area contributed by atoms with E-state index < -0.39 is 0 Å². The van der Waals surface area contributed by atoms with Crippen molar-refractivity contribution in [3.05, 3.63) is 23.9 Å². The largest absolute Gasteiger partial charge is 0.409 e. The maximum Gasteiger partial charge on any atom is 0.170 e. The van der Waals surface area contributed by atoms with Gasteiger partial charge in [-0.1, -0.05) is 5.16 Å². The molecule has 0 aliphatic heterocycles. The Balaban J connectivity index is 1.79. The van der Waals surface area contributed by atoms with Crippen molar-refractivity contribution in [3.63, 3.8) is 0 Å². The molecule has 0 saturated heterocycles. The molecule has 2 aliphatic carbocycles. The zero-order valence-electron chi connectivity index (χ0n) is 11.0. The van der Waals surface area contributed by atoms with Crippen molar-refractivity contribution in [3.8, 4) is 0 Å². The summed E-state index contributed by atoms with van der Waals surface area (Å²) >= 11 is 0. The first-order valence-corrected chi connectivity index (χ1v) is 6.95. The van der Waals surface area contributed by atoms with Crippen LogP contribution in [-0.2, 0) is 0 Å². The molecule has 1 heterocycles. The number of aromatic nitrogens is 1. The minimum absolute atomic E-state index is 0.140. The van der Waals surface area contributed by atoms with Crippen molar-refractivity contribution in [2.75, 3.05) is 18.0 Å². The van der Waals surface area contributed by atoms with Gasteiger partial charge in [-0.25, -0.2) is 4.98 Å². The highest BCUT2D eigenvalue weighted by Gasteiger charge is 2.29. The first-order valence-electron chi connectivity index (χ1n) is 6.95. The Morgan fingerprint density at radius 1 is 1.32 bits per heavy atom. The van der Waals surface area contributed by atoms with Crippen molar-refractivity contribution in [1.82, 2.24) is 4.98 Å². The molecule has 5 heteroatoms. The summed E-state index contributed by atoms with van der Waals surface area (Å²) in [7, 11) is 0. The third-order valence-corrected chi connectivity index (χ3v) is 3.82. The summed E-state index contributed by atoms with van der Waals surface area (Å²) in [5.41, 5.74) is 6.37. The maximum atomic E-state index is 8.76. The molecule has 2 aliphatic rings. The van der Waals surface area contributed by atoms with Gasteiger partial charge in [0.2, 0.25) is 0 Å². The van der Waals surface area contributed by atoms with Crippen molar-refractivity contribution < 1.29 is 5.21 Å². The summed E-state index contributed by atoms with van der Waals surface area (Å²) in [5.74, 6) is 2.74. The Morgan fingerprint density at radius 2 is 1.95 bits per heavy atom. The topological polar surface area (TPSA) is 74.7 Å². The number of nitrogens with zero attached hydrogens (tertiary/aromatic N) is 3. The fourth-order valence-electron chi connectivity index (χ4n) is 2.29. The molecule has 1 aromatic rings. The van der Waals surface area contributed by atoms with Crippen LogP contribution in [0.15, 0.2) is 23.5 Å². The molecule has 0 unspecified atom stereocenters. The van der Waals surface area contributed by atoms with Gasteiger partial charge in [0.25, 0.3) is 0 Å². The van der Waals surface area contributed by atoms with Crippen molar-refractivity contribution in [2.45, 2.75) is 25.7 Å². The number of nitrogens with two attached hydrogens (primary N) is 1. The van der Waals surface area contributed by atoms with Gasteiger partial charge < -0.3 is 15.8 Å². The molecule has 0 aromatic carbocycles. The molecule has 0 radical (unpaired) electrons. The van der Waals surface area contributed by atoms with Gasteiger partial charge >= 0.3 is 0 Å². The number of oxime groups is 1. The van der Waals surface area contributed by atoms with Crippen LogP contribution in [0.3, 0.4) is 0 Å². The zero-order valence-corrected chi connectivity index (χ0v) is 11.0. The molecule has 3 rings (SSSR count). The molecule has 0 bridgehead atoms. The van der Waals surface area contributed by atoms with E-state index in [1.54, 1.807) is 12.3 Å². The predicted molar refractivity (Wildman–Crippen MR) is 74.4 cm³/mol. The van der Waals surface area contributed by atoms with Crippen LogP contribution < -0.4 is 10.6 Å². The number of hydrogen-bond acceptors (Lipinski definition) is 4. The van der Waals surface area contributed by atoms with Gasteiger partial charge in [-0.2, -0.15) is 0 Å². The van der Waals surface area contributed by atoms with Gasteiger partial charge in [-0.05, 0) is 49.7 Å². The summed E-state index contributed by atoms with van der Waals surface area (Å²) in [4.78, 5) is 6.82. The van der Waals surface area contributed by atoms with Crippen molar-refractivity contribution in [2.24, 2.45) is 22.7 Å². The van der Waals surface area contributed by atoms with Gasteiger partial charge in [0.05, 0.1) is 0 Å². The highest BCUT2D eigenvalue weighted by Crippen LogP contribution is 2.35. The molecule has 19 heavy (non-hydrogen) atoms. The summed E-state index contributed by atoms with van der Waals surface area (Å²) in [6.45, 7) is 2.17. The first kappa shape index (κ1) is 12.3. The van der Waals surface area contributed by atoms with Gasteiger partial charge in [0.15, 0.2) is 5.84 Å². The summed E-state index contributed by atoms with van der Waals surface area (Å²) in [6, 6.07) is 3.69. The second-order valence-corrected chi connectivity index (χ2v) is 5.68. The number of hydrogen-bond donors (Lipinski definition) is 2. The van der Waals surface area contributed by atoms with Crippen molar-refractivity contribution in [1.29, 1.82) is 0 Å². The van der Waals surface area contributed by atoms with E-state index >= 15 is 0 Å². The summed E-state index contributed by atoms with van der Waals surface area (Å²) < 4.78 is 0. The second kappa shape index (κ2) is 5.07. The summed E-state index contributed by atoms with van der Waals surface area (Å²) in [5, 5.41) is 11.8. The molecule has 1 aromatic heterocycles. The molecule has 102 valence electrons. The number of pyridine rings is 1. The monoisotopic (exact) mass is 260 g/mol. The van der Waals surface area contributed by atoms with Crippen LogP contribution in [0.4, 0.5) is 5.82 Å². The molecule has 3 N–H and O–H groups in total. The Labute approximate surface area is 113 Å². The lowest BCUT2D eigenvalue weighted by Crippen LogP contribution is -2.29. The summed E-state index contributed by atoms with van der Waals surface area (Å²) in [6.07, 6.45) is 7.07. The normalized spacial score (nSPS) is 19.5. The molecular formula is C14H20N4O. The number of amidine groups is 1. The first-order chi connectivity index (χ1) is 9.26. The van der Waals surface area contributed by atoms with Gasteiger partial charge in [-0.15, -0.1) is 0 Å². The van der Waals surface area contributed by atoms with Crippen LogP contribution in [0.5, 0.6) is 0 Å². The van der Waals surface area contributed by atoms with Crippen LogP contribution >= 0.6 is 0 Å². The molecule has 2 saturated carbocycles. The second-order valence-electron chi connectivity index (χ2n) is 5.68. The lowest BCUT2D eigenvalue weighted by atomic mass is 10.2.